The number of methoxy groups -OCH3 is 1. The van der Waals surface area contributed by atoms with E-state index in [0.717, 1.165) is 44.9 Å². The van der Waals surface area contributed by atoms with Crippen LogP contribution < -0.4 is 25.8 Å². The fraction of sp³-hybridized carbons (Fsp3) is 0.818. The summed E-state index contributed by atoms with van der Waals surface area (Å²) in [6, 6.07) is 1.90. The second kappa shape index (κ2) is 10.3. The monoisotopic (exact) mass is 510 g/mol. The highest BCUT2D eigenvalue weighted by molar-refractivity contribution is 7.86. The Balaban J connectivity index is 1.32. The number of piperidine rings is 2. The topological polar surface area (TPSA) is 135 Å². The van der Waals surface area contributed by atoms with Crippen molar-refractivity contribution < 1.29 is 18.3 Å². The third-order valence-electron chi connectivity index (χ3n) is 7.83. The van der Waals surface area contributed by atoms with E-state index in [2.05, 4.69) is 26.1 Å². The number of nitrogens with zero attached hydrogens (tertiary/aromatic N) is 5. The number of aliphatic hydroxyl groups excluding tert-OH is 1. The van der Waals surface area contributed by atoms with Crippen LogP contribution in [0.25, 0.3) is 0 Å². The molecule has 4 aliphatic rings. The third kappa shape index (κ3) is 5.07. The van der Waals surface area contributed by atoms with Crippen LogP contribution in [0, 0.1) is 0 Å². The van der Waals surface area contributed by atoms with Crippen LogP contribution in [-0.2, 0) is 10.2 Å². The van der Waals surface area contributed by atoms with E-state index in [1.165, 1.54) is 0 Å². The van der Waals surface area contributed by atoms with Crippen LogP contribution in [0.3, 0.4) is 0 Å². The first-order chi connectivity index (χ1) is 16.9. The number of hydrogen-bond donors (Lipinski definition) is 4. The molecule has 0 radical (unpaired) electrons. The molecule has 5 rings (SSSR count). The van der Waals surface area contributed by atoms with E-state index in [0.29, 0.717) is 37.2 Å². The molecule has 12 nitrogen and oxygen atoms in total. The number of rotatable bonds is 8. The van der Waals surface area contributed by atoms with Gasteiger partial charge in [-0.25, -0.2) is 5.43 Å². The van der Waals surface area contributed by atoms with Gasteiger partial charge in [0.05, 0.1) is 19.9 Å². The van der Waals surface area contributed by atoms with E-state index >= 15 is 0 Å². The molecule has 5 heterocycles. The highest BCUT2D eigenvalue weighted by atomic mass is 32.2. The third-order valence-corrected chi connectivity index (χ3v) is 9.97. The zero-order chi connectivity index (χ0) is 24.6. The minimum atomic E-state index is -3.42. The molecule has 196 valence electrons. The number of anilines is 2. The second-order valence-corrected chi connectivity index (χ2v) is 11.9. The number of aliphatic hydroxyl groups is 1. The standard InChI is InChI=1S/C22H38N8O4S/c1-28(22-24-19(13-21(25-22)34-2)23-20-10-15(14-31)26-27-20)18-11-16-6-5-7-17(12-18)30(16)35(32,33)29-8-3-4-9-29/h13,15-18,20,26-27,31H,3-12,14H2,1-2H3,(H,23,24,25)/t15?,16-,17+,18?,20?. The molecule has 4 saturated heterocycles. The highest BCUT2D eigenvalue weighted by Crippen LogP contribution is 2.39. The average molecular weight is 511 g/mol. The van der Waals surface area contributed by atoms with Gasteiger partial charge in [-0.15, -0.1) is 0 Å². The summed E-state index contributed by atoms with van der Waals surface area (Å²) in [7, 11) is 0.153. The summed E-state index contributed by atoms with van der Waals surface area (Å²) < 4.78 is 35.9. The molecule has 4 N–H and O–H groups in total. The largest absolute Gasteiger partial charge is 0.481 e. The van der Waals surface area contributed by atoms with Crippen LogP contribution in [0.4, 0.5) is 11.8 Å². The smallest absolute Gasteiger partial charge is 0.282 e. The van der Waals surface area contributed by atoms with Gasteiger partial charge in [-0.2, -0.15) is 27.0 Å². The van der Waals surface area contributed by atoms with Crippen molar-refractivity contribution >= 4 is 22.0 Å². The Morgan fingerprint density at radius 1 is 1.14 bits per heavy atom. The van der Waals surface area contributed by atoms with Crippen LogP contribution in [0.2, 0.25) is 0 Å². The zero-order valence-corrected chi connectivity index (χ0v) is 21.4. The lowest BCUT2D eigenvalue weighted by molar-refractivity contribution is 0.102. The van der Waals surface area contributed by atoms with Crippen LogP contribution in [0.1, 0.15) is 51.4 Å². The lowest BCUT2D eigenvalue weighted by Crippen LogP contribution is -2.61. The van der Waals surface area contributed by atoms with E-state index in [1.807, 2.05) is 11.4 Å². The first-order valence-electron chi connectivity index (χ1n) is 12.7. The molecule has 0 saturated carbocycles. The van der Waals surface area contributed by atoms with E-state index in [9.17, 15) is 13.5 Å². The van der Waals surface area contributed by atoms with Gasteiger partial charge in [0.1, 0.15) is 5.82 Å². The van der Waals surface area contributed by atoms with Crippen molar-refractivity contribution in [3.05, 3.63) is 6.07 Å². The van der Waals surface area contributed by atoms with Crippen molar-refractivity contribution in [3.63, 3.8) is 0 Å². The molecular weight excluding hydrogens is 472 g/mol. The minimum Gasteiger partial charge on any atom is -0.481 e. The maximum Gasteiger partial charge on any atom is 0.282 e. The molecule has 4 fully saturated rings. The minimum absolute atomic E-state index is 0.00734. The fourth-order valence-electron chi connectivity index (χ4n) is 5.98. The molecular formula is C22H38N8O4S. The van der Waals surface area contributed by atoms with Crippen molar-refractivity contribution in [1.82, 2.24) is 29.4 Å². The summed E-state index contributed by atoms with van der Waals surface area (Å²) in [6.45, 7) is 1.33. The lowest BCUT2D eigenvalue weighted by Gasteiger charge is -2.50. The Morgan fingerprint density at radius 2 is 1.86 bits per heavy atom. The Kier molecular flexibility index (Phi) is 7.33. The molecule has 0 amide bonds. The van der Waals surface area contributed by atoms with Crippen LogP contribution in [0.5, 0.6) is 5.88 Å². The molecule has 0 spiro atoms. The van der Waals surface area contributed by atoms with E-state index in [1.54, 1.807) is 17.5 Å². The molecule has 0 aliphatic carbocycles. The van der Waals surface area contributed by atoms with Gasteiger partial charge in [0.25, 0.3) is 10.2 Å². The molecule has 3 unspecified atom stereocenters. The van der Waals surface area contributed by atoms with Gasteiger partial charge >= 0.3 is 0 Å². The summed E-state index contributed by atoms with van der Waals surface area (Å²) in [5.74, 6) is 1.64. The first-order valence-corrected chi connectivity index (χ1v) is 14.1. The summed E-state index contributed by atoms with van der Waals surface area (Å²) in [4.78, 5) is 11.4. The molecule has 35 heavy (non-hydrogen) atoms. The Labute approximate surface area is 207 Å². The number of hydrogen-bond acceptors (Lipinski definition) is 10. The number of aromatic nitrogens is 2. The van der Waals surface area contributed by atoms with Gasteiger partial charge in [0.2, 0.25) is 11.8 Å². The van der Waals surface area contributed by atoms with E-state index in [-0.39, 0.29) is 36.9 Å². The summed E-state index contributed by atoms with van der Waals surface area (Å²) in [6.07, 6.45) is 6.90. The van der Waals surface area contributed by atoms with Crippen molar-refractivity contribution in [2.45, 2.75) is 81.7 Å². The van der Waals surface area contributed by atoms with Gasteiger partial charge in [0, 0.05) is 56.8 Å². The quantitative estimate of drug-likeness (QED) is 0.385. The first kappa shape index (κ1) is 24.9. The van der Waals surface area contributed by atoms with Crippen LogP contribution >= 0.6 is 0 Å². The molecule has 13 heteroatoms. The van der Waals surface area contributed by atoms with Gasteiger partial charge in [-0.3, -0.25) is 5.43 Å². The molecule has 0 aromatic carbocycles. The summed E-state index contributed by atoms with van der Waals surface area (Å²) >= 11 is 0. The molecule has 5 atom stereocenters. The Morgan fingerprint density at radius 3 is 2.49 bits per heavy atom. The summed E-state index contributed by atoms with van der Waals surface area (Å²) in [5.41, 5.74) is 6.17. The number of ether oxygens (including phenoxy) is 1. The lowest BCUT2D eigenvalue weighted by atomic mass is 9.83. The molecule has 4 aliphatic heterocycles. The predicted octanol–water partition coefficient (Wildman–Crippen LogP) is 0.244. The molecule has 1 aromatic rings. The second-order valence-electron chi connectivity index (χ2n) is 10.1. The van der Waals surface area contributed by atoms with Gasteiger partial charge in [-0.05, 0) is 38.5 Å². The van der Waals surface area contributed by atoms with Gasteiger partial charge in [0.15, 0.2) is 0 Å². The maximum atomic E-state index is 13.4. The Bertz CT molecular complexity index is 978. The van der Waals surface area contributed by atoms with Crippen molar-refractivity contribution in [3.8, 4) is 5.88 Å². The number of nitrogens with one attached hydrogen (secondary N) is 3. The van der Waals surface area contributed by atoms with Gasteiger partial charge < -0.3 is 20.1 Å². The van der Waals surface area contributed by atoms with E-state index < -0.39 is 10.2 Å². The Hall–Kier alpha value is -1.77. The molecule has 1 aromatic heterocycles. The van der Waals surface area contributed by atoms with Crippen molar-refractivity contribution in [2.75, 3.05) is 44.1 Å². The van der Waals surface area contributed by atoms with Gasteiger partial charge in [-0.1, -0.05) is 6.42 Å². The van der Waals surface area contributed by atoms with E-state index in [4.69, 9.17) is 9.72 Å². The number of fused-ring (bicyclic) bond motifs is 2. The SMILES string of the molecule is COc1cc(NC2CC(CO)NN2)nc(N(C)C2C[C@H]3CCC[C@@H](C2)N3S(=O)(=O)N2CCCC2)n1. The zero-order valence-electron chi connectivity index (χ0n) is 20.6. The maximum absolute atomic E-state index is 13.4. The van der Waals surface area contributed by atoms with Crippen LogP contribution in [-0.4, -0.2) is 96.3 Å². The fourth-order valence-corrected chi connectivity index (χ4v) is 8.10. The summed E-state index contributed by atoms with van der Waals surface area (Å²) in [5, 5.41) is 12.7. The predicted molar refractivity (Wildman–Crippen MR) is 132 cm³/mol. The average Bonchev–Trinajstić information content (AvgIpc) is 3.55. The normalized spacial score (nSPS) is 32.0. The molecule has 2 bridgehead atoms. The number of hydrazine groups is 1. The van der Waals surface area contributed by atoms with Crippen LogP contribution in [0.15, 0.2) is 6.07 Å². The van der Waals surface area contributed by atoms with Crippen molar-refractivity contribution in [1.29, 1.82) is 0 Å². The highest BCUT2D eigenvalue weighted by Gasteiger charge is 2.47. The van der Waals surface area contributed by atoms with Crippen molar-refractivity contribution in [2.24, 2.45) is 0 Å².